The van der Waals surface area contributed by atoms with E-state index in [2.05, 4.69) is 5.16 Å². The number of carbonyl (C=O) groups is 1. The molecule has 26 heavy (non-hydrogen) atoms. The Morgan fingerprint density at radius 3 is 2.81 bits per heavy atom. The van der Waals surface area contributed by atoms with E-state index in [1.54, 1.807) is 18.1 Å². The van der Waals surface area contributed by atoms with Gasteiger partial charge in [-0.25, -0.2) is 8.42 Å². The minimum atomic E-state index is -3.05. The lowest BCUT2D eigenvalue weighted by Crippen LogP contribution is -2.43. The number of amides is 1. The Kier molecular flexibility index (Phi) is 7.44. The minimum absolute atomic E-state index is 0.0347. The fourth-order valence-corrected chi connectivity index (χ4v) is 4.63. The summed E-state index contributed by atoms with van der Waals surface area (Å²) >= 11 is 0. The first kappa shape index (κ1) is 20.2. The molecule has 2 rings (SSSR count). The number of para-hydroxylation sites is 1. The summed E-state index contributed by atoms with van der Waals surface area (Å²) < 4.78 is 28.6. The maximum absolute atomic E-state index is 12.5. The zero-order valence-corrected chi connectivity index (χ0v) is 16.1. The molecule has 0 unspecified atom stereocenters. The Morgan fingerprint density at radius 2 is 2.15 bits per heavy atom. The first-order valence-corrected chi connectivity index (χ1v) is 10.6. The van der Waals surface area contributed by atoms with Gasteiger partial charge in [-0.1, -0.05) is 30.6 Å². The van der Waals surface area contributed by atoms with Crippen LogP contribution in [0, 0.1) is 0 Å². The summed E-state index contributed by atoms with van der Waals surface area (Å²) in [6, 6.07) is 7.06. The summed E-state index contributed by atoms with van der Waals surface area (Å²) in [4.78, 5) is 19.3. The monoisotopic (exact) mass is 382 g/mol. The molecule has 1 aromatic carbocycles. The van der Waals surface area contributed by atoms with Gasteiger partial charge in [-0.3, -0.25) is 4.79 Å². The SMILES string of the molecule is CCCCN(C(=O)CO/N=C\c1ccccc1OC)[C@@H]1CCS(=O)(=O)C1. The number of methoxy groups -OCH3 is 1. The molecule has 8 heteroatoms. The Bertz CT molecular complexity index is 733. The maximum atomic E-state index is 12.5. The highest BCUT2D eigenvalue weighted by atomic mass is 32.2. The Labute approximate surface area is 154 Å². The molecule has 0 bridgehead atoms. The number of nitrogens with zero attached hydrogens (tertiary/aromatic N) is 2. The third kappa shape index (κ3) is 5.72. The molecule has 1 saturated heterocycles. The fraction of sp³-hybridized carbons (Fsp3) is 0.556. The summed E-state index contributed by atoms with van der Waals surface area (Å²) in [5.74, 6) is 0.595. The van der Waals surface area contributed by atoms with Crippen LogP contribution < -0.4 is 4.74 Å². The van der Waals surface area contributed by atoms with E-state index in [9.17, 15) is 13.2 Å². The molecule has 0 spiro atoms. The van der Waals surface area contributed by atoms with Crippen LogP contribution in [0.4, 0.5) is 0 Å². The van der Waals surface area contributed by atoms with Gasteiger partial charge in [-0.2, -0.15) is 0 Å². The summed E-state index contributed by atoms with van der Waals surface area (Å²) in [5.41, 5.74) is 0.743. The van der Waals surface area contributed by atoms with Crippen molar-refractivity contribution in [3.05, 3.63) is 29.8 Å². The average molecular weight is 382 g/mol. The number of hydrogen-bond acceptors (Lipinski definition) is 6. The molecule has 0 aromatic heterocycles. The summed E-state index contributed by atoms with van der Waals surface area (Å²) in [5, 5.41) is 3.84. The third-order valence-electron chi connectivity index (χ3n) is 4.32. The van der Waals surface area contributed by atoms with Crippen LogP contribution >= 0.6 is 0 Å². The lowest BCUT2D eigenvalue weighted by Gasteiger charge is -2.27. The van der Waals surface area contributed by atoms with E-state index in [-0.39, 0.29) is 30.1 Å². The Balaban J connectivity index is 1.93. The molecule has 1 fully saturated rings. The third-order valence-corrected chi connectivity index (χ3v) is 6.07. The topological polar surface area (TPSA) is 85.3 Å². The van der Waals surface area contributed by atoms with Gasteiger partial charge in [0, 0.05) is 18.2 Å². The van der Waals surface area contributed by atoms with E-state index in [0.29, 0.717) is 18.7 Å². The standard InChI is InChI=1S/C18H26N2O5S/c1-3-4-10-20(16-9-11-26(22,23)14-16)18(21)13-25-19-12-15-7-5-6-8-17(15)24-2/h5-8,12,16H,3-4,9-11,13-14H2,1-2H3/b19-12-/t16-/m1/s1. The van der Waals surface area contributed by atoms with Crippen LogP contribution in [0.2, 0.25) is 0 Å². The second-order valence-electron chi connectivity index (χ2n) is 6.25. The number of hydrogen-bond donors (Lipinski definition) is 0. The first-order chi connectivity index (χ1) is 12.5. The molecule has 1 heterocycles. The van der Waals surface area contributed by atoms with Gasteiger partial charge in [0.25, 0.3) is 5.91 Å². The van der Waals surface area contributed by atoms with Crippen LogP contribution in [0.25, 0.3) is 0 Å². The van der Waals surface area contributed by atoms with Crippen molar-refractivity contribution in [1.29, 1.82) is 0 Å². The molecular weight excluding hydrogens is 356 g/mol. The molecule has 7 nitrogen and oxygen atoms in total. The number of oxime groups is 1. The maximum Gasteiger partial charge on any atom is 0.263 e. The molecule has 0 saturated carbocycles. The van der Waals surface area contributed by atoms with Crippen LogP contribution in [0.1, 0.15) is 31.7 Å². The number of benzene rings is 1. The lowest BCUT2D eigenvalue weighted by molar-refractivity contribution is -0.138. The lowest BCUT2D eigenvalue weighted by atomic mass is 10.2. The van der Waals surface area contributed by atoms with Gasteiger partial charge in [0.15, 0.2) is 16.4 Å². The predicted molar refractivity (Wildman–Crippen MR) is 100 cm³/mol. The van der Waals surface area contributed by atoms with Gasteiger partial charge >= 0.3 is 0 Å². The van der Waals surface area contributed by atoms with E-state index in [4.69, 9.17) is 9.57 Å². The second-order valence-corrected chi connectivity index (χ2v) is 8.48. The Hall–Kier alpha value is -2.09. The molecule has 0 aliphatic carbocycles. The highest BCUT2D eigenvalue weighted by Crippen LogP contribution is 2.19. The average Bonchev–Trinajstić information content (AvgIpc) is 2.99. The summed E-state index contributed by atoms with van der Waals surface area (Å²) in [6.45, 7) is 2.35. The molecule has 0 radical (unpaired) electrons. The number of sulfone groups is 1. The van der Waals surface area contributed by atoms with Crippen molar-refractivity contribution in [3.63, 3.8) is 0 Å². The number of unbranched alkanes of at least 4 members (excludes halogenated alkanes) is 1. The van der Waals surface area contributed by atoms with Crippen LogP contribution in [-0.4, -0.2) is 63.2 Å². The predicted octanol–water partition coefficient (Wildman–Crippen LogP) is 1.86. The molecular formula is C18H26N2O5S. The van der Waals surface area contributed by atoms with Crippen molar-refractivity contribution in [2.45, 2.75) is 32.2 Å². The number of ether oxygens (including phenoxy) is 1. The molecule has 1 aliphatic heterocycles. The first-order valence-electron chi connectivity index (χ1n) is 8.75. The van der Waals surface area contributed by atoms with Crippen molar-refractivity contribution < 1.29 is 22.8 Å². The van der Waals surface area contributed by atoms with Gasteiger partial charge in [0.2, 0.25) is 0 Å². The van der Waals surface area contributed by atoms with Gasteiger partial charge in [0.1, 0.15) is 5.75 Å². The van der Waals surface area contributed by atoms with Gasteiger partial charge in [-0.15, -0.1) is 0 Å². The second kappa shape index (κ2) is 9.56. The molecule has 144 valence electrons. The van der Waals surface area contributed by atoms with Crippen molar-refractivity contribution in [2.24, 2.45) is 5.16 Å². The molecule has 0 N–H and O–H groups in total. The van der Waals surface area contributed by atoms with Crippen LogP contribution in [0.15, 0.2) is 29.4 Å². The van der Waals surface area contributed by atoms with Crippen LogP contribution in [0.5, 0.6) is 5.75 Å². The highest BCUT2D eigenvalue weighted by molar-refractivity contribution is 7.91. The van der Waals surface area contributed by atoms with Gasteiger partial charge < -0.3 is 14.5 Å². The normalized spacial score (nSPS) is 18.8. The number of carbonyl (C=O) groups excluding carboxylic acids is 1. The van der Waals surface area contributed by atoms with E-state index in [1.807, 2.05) is 25.1 Å². The smallest absolute Gasteiger partial charge is 0.263 e. The minimum Gasteiger partial charge on any atom is -0.496 e. The van der Waals surface area contributed by atoms with Crippen molar-refractivity contribution in [1.82, 2.24) is 4.90 Å². The molecule has 1 amide bonds. The summed E-state index contributed by atoms with van der Waals surface area (Å²) in [7, 11) is -1.48. The quantitative estimate of drug-likeness (QED) is 0.481. The highest BCUT2D eigenvalue weighted by Gasteiger charge is 2.34. The van der Waals surface area contributed by atoms with Crippen molar-refractivity contribution in [2.75, 3.05) is 31.8 Å². The molecule has 1 aromatic rings. The van der Waals surface area contributed by atoms with Crippen LogP contribution in [-0.2, 0) is 19.5 Å². The zero-order valence-electron chi connectivity index (χ0n) is 15.3. The van der Waals surface area contributed by atoms with Crippen LogP contribution in [0.3, 0.4) is 0 Å². The van der Waals surface area contributed by atoms with Gasteiger partial charge in [0.05, 0.1) is 24.8 Å². The molecule has 1 atom stereocenters. The van der Waals surface area contributed by atoms with Gasteiger partial charge in [-0.05, 0) is 25.0 Å². The Morgan fingerprint density at radius 1 is 1.38 bits per heavy atom. The van der Waals surface area contributed by atoms with E-state index >= 15 is 0 Å². The zero-order chi connectivity index (χ0) is 19.0. The fourth-order valence-electron chi connectivity index (χ4n) is 2.90. The van der Waals surface area contributed by atoms with Crippen molar-refractivity contribution in [3.8, 4) is 5.75 Å². The largest absolute Gasteiger partial charge is 0.496 e. The molecule has 1 aliphatic rings. The van der Waals surface area contributed by atoms with E-state index < -0.39 is 9.84 Å². The summed E-state index contributed by atoms with van der Waals surface area (Å²) in [6.07, 6.45) is 3.73. The van der Waals surface area contributed by atoms with Crippen molar-refractivity contribution >= 4 is 22.0 Å². The van der Waals surface area contributed by atoms with E-state index in [0.717, 1.165) is 18.4 Å². The van der Waals surface area contributed by atoms with E-state index in [1.165, 1.54) is 6.21 Å². The number of rotatable bonds is 9.